The molecular weight excluding hydrogens is 325 g/mol. The second-order valence-corrected chi connectivity index (χ2v) is 6.56. The lowest BCUT2D eigenvalue weighted by Gasteiger charge is -2.10. The van der Waals surface area contributed by atoms with Crippen LogP contribution in [-0.2, 0) is 9.59 Å². The van der Waals surface area contributed by atoms with Gasteiger partial charge in [0.25, 0.3) is 0 Å². The minimum atomic E-state index is -0.280. The molecule has 1 aliphatic carbocycles. The molecule has 2 amide bonds. The van der Waals surface area contributed by atoms with Crippen molar-refractivity contribution in [3.05, 3.63) is 28.2 Å². The van der Waals surface area contributed by atoms with E-state index >= 15 is 0 Å². The highest BCUT2D eigenvalue weighted by Crippen LogP contribution is 2.39. The highest BCUT2D eigenvalue weighted by atomic mass is 35.5. The predicted molar refractivity (Wildman–Crippen MR) is 88.3 cm³/mol. The number of likely N-dealkylation sites (N-methyl/N-ethyl adjacent to an activating group) is 1. The summed E-state index contributed by atoms with van der Waals surface area (Å²) in [6, 6.07) is 4.84. The summed E-state index contributed by atoms with van der Waals surface area (Å²) in [5.74, 6) is -0.758. The Morgan fingerprint density at radius 3 is 2.32 bits per heavy atom. The van der Waals surface area contributed by atoms with Gasteiger partial charge in [-0.3, -0.25) is 9.59 Å². The van der Waals surface area contributed by atoms with Crippen LogP contribution in [0.3, 0.4) is 0 Å². The van der Waals surface area contributed by atoms with Gasteiger partial charge in [0, 0.05) is 28.8 Å². The number of nitrogens with zero attached hydrogens (tertiary/aromatic N) is 1. The molecular formula is C15H19Cl2N3O2. The molecule has 1 aromatic rings. The molecule has 0 aromatic heterocycles. The number of carbonyl (C=O) groups is 2. The van der Waals surface area contributed by atoms with Crippen LogP contribution in [0.15, 0.2) is 18.2 Å². The molecule has 1 aliphatic rings. The van der Waals surface area contributed by atoms with Gasteiger partial charge in [0.1, 0.15) is 0 Å². The number of halogens is 2. The average Bonchev–Trinajstić information content (AvgIpc) is 3.16. The van der Waals surface area contributed by atoms with E-state index in [2.05, 4.69) is 10.6 Å². The standard InChI is InChI=1S/C15H19Cl2N3O2/c1-20(2)4-3-18-14(21)12-8-13(12)15(22)19-11-6-9(16)5-10(17)7-11/h5-7,12-13H,3-4,8H2,1-2H3,(H,18,21)(H,19,22). The molecule has 0 heterocycles. The second-order valence-electron chi connectivity index (χ2n) is 5.69. The average molecular weight is 344 g/mol. The summed E-state index contributed by atoms with van der Waals surface area (Å²) in [4.78, 5) is 26.0. The van der Waals surface area contributed by atoms with Gasteiger partial charge in [-0.25, -0.2) is 0 Å². The number of hydrogen-bond acceptors (Lipinski definition) is 3. The van der Waals surface area contributed by atoms with Crippen LogP contribution in [0, 0.1) is 11.8 Å². The first-order valence-corrected chi connectivity index (χ1v) is 7.82. The van der Waals surface area contributed by atoms with E-state index in [9.17, 15) is 9.59 Å². The summed E-state index contributed by atoms with van der Waals surface area (Å²) in [6.45, 7) is 1.36. The lowest BCUT2D eigenvalue weighted by atomic mass is 10.2. The molecule has 7 heteroatoms. The number of hydrogen-bond donors (Lipinski definition) is 2. The third kappa shape index (κ3) is 4.87. The molecule has 120 valence electrons. The Labute approximate surface area is 139 Å². The van der Waals surface area contributed by atoms with E-state index in [1.807, 2.05) is 19.0 Å². The zero-order chi connectivity index (χ0) is 16.3. The number of benzene rings is 1. The fraction of sp³-hybridized carbons (Fsp3) is 0.467. The Bertz CT molecular complexity index is 558. The van der Waals surface area contributed by atoms with E-state index in [0.717, 1.165) is 6.54 Å². The maximum atomic E-state index is 12.1. The Kier molecular flexibility index (Phi) is 5.67. The van der Waals surface area contributed by atoms with Crippen molar-refractivity contribution in [1.82, 2.24) is 10.2 Å². The van der Waals surface area contributed by atoms with E-state index in [1.165, 1.54) is 0 Å². The highest BCUT2D eigenvalue weighted by Gasteiger charge is 2.47. The highest BCUT2D eigenvalue weighted by molar-refractivity contribution is 6.35. The molecule has 0 spiro atoms. The van der Waals surface area contributed by atoms with Gasteiger partial charge >= 0.3 is 0 Å². The van der Waals surface area contributed by atoms with Gasteiger partial charge < -0.3 is 15.5 Å². The zero-order valence-electron chi connectivity index (χ0n) is 12.5. The number of anilines is 1. The first kappa shape index (κ1) is 17.1. The maximum absolute atomic E-state index is 12.1. The molecule has 1 saturated carbocycles. The Morgan fingerprint density at radius 2 is 1.73 bits per heavy atom. The fourth-order valence-corrected chi connectivity index (χ4v) is 2.70. The molecule has 1 aromatic carbocycles. The van der Waals surface area contributed by atoms with Crippen molar-refractivity contribution >= 4 is 40.7 Å². The van der Waals surface area contributed by atoms with Crippen LogP contribution in [0.5, 0.6) is 0 Å². The lowest BCUT2D eigenvalue weighted by molar-refractivity contribution is -0.125. The van der Waals surface area contributed by atoms with Gasteiger partial charge in [-0.15, -0.1) is 0 Å². The summed E-state index contributed by atoms with van der Waals surface area (Å²) in [5, 5.41) is 6.50. The first-order valence-electron chi connectivity index (χ1n) is 7.06. The van der Waals surface area contributed by atoms with Crippen LogP contribution < -0.4 is 10.6 Å². The van der Waals surface area contributed by atoms with Gasteiger partial charge in [0.15, 0.2) is 0 Å². The number of rotatable bonds is 6. The molecule has 2 rings (SSSR count). The molecule has 0 radical (unpaired) electrons. The minimum Gasteiger partial charge on any atom is -0.355 e. The molecule has 5 nitrogen and oxygen atoms in total. The molecule has 22 heavy (non-hydrogen) atoms. The number of amides is 2. The zero-order valence-corrected chi connectivity index (χ0v) is 14.0. The van der Waals surface area contributed by atoms with E-state index in [-0.39, 0.29) is 23.7 Å². The molecule has 2 unspecified atom stereocenters. The maximum Gasteiger partial charge on any atom is 0.228 e. The summed E-state index contributed by atoms with van der Waals surface area (Å²) in [5.41, 5.74) is 0.543. The summed E-state index contributed by atoms with van der Waals surface area (Å²) in [7, 11) is 3.88. The van der Waals surface area contributed by atoms with Gasteiger partial charge in [0.05, 0.1) is 11.8 Å². The Morgan fingerprint density at radius 1 is 1.14 bits per heavy atom. The number of carbonyl (C=O) groups excluding carboxylic acids is 2. The fourth-order valence-electron chi connectivity index (χ4n) is 2.17. The van der Waals surface area contributed by atoms with Crippen LogP contribution >= 0.6 is 23.2 Å². The van der Waals surface area contributed by atoms with Crippen molar-refractivity contribution in [2.75, 3.05) is 32.5 Å². The summed E-state index contributed by atoms with van der Waals surface area (Å²) in [6.07, 6.45) is 0.577. The number of nitrogens with one attached hydrogen (secondary N) is 2. The van der Waals surface area contributed by atoms with E-state index in [1.54, 1.807) is 18.2 Å². The third-order valence-electron chi connectivity index (χ3n) is 3.45. The largest absolute Gasteiger partial charge is 0.355 e. The molecule has 0 aliphatic heterocycles. The molecule has 0 bridgehead atoms. The smallest absolute Gasteiger partial charge is 0.228 e. The normalized spacial score (nSPS) is 19.9. The quantitative estimate of drug-likeness (QED) is 0.832. The van der Waals surface area contributed by atoms with Crippen LogP contribution in [0.1, 0.15) is 6.42 Å². The van der Waals surface area contributed by atoms with Gasteiger partial charge in [0.2, 0.25) is 11.8 Å². The van der Waals surface area contributed by atoms with Crippen LogP contribution in [-0.4, -0.2) is 43.9 Å². The summed E-state index contributed by atoms with van der Waals surface area (Å²) >= 11 is 11.8. The van der Waals surface area contributed by atoms with Crippen molar-refractivity contribution in [1.29, 1.82) is 0 Å². The van der Waals surface area contributed by atoms with Gasteiger partial charge in [-0.05, 0) is 38.7 Å². The van der Waals surface area contributed by atoms with Crippen LogP contribution in [0.4, 0.5) is 5.69 Å². The van der Waals surface area contributed by atoms with E-state index < -0.39 is 0 Å². The van der Waals surface area contributed by atoms with E-state index in [4.69, 9.17) is 23.2 Å². The van der Waals surface area contributed by atoms with Crippen molar-refractivity contribution in [2.24, 2.45) is 11.8 Å². The molecule has 2 atom stereocenters. The third-order valence-corrected chi connectivity index (χ3v) is 3.89. The monoisotopic (exact) mass is 343 g/mol. The molecule has 0 saturated heterocycles. The minimum absolute atomic E-state index is 0.0638. The van der Waals surface area contributed by atoms with Gasteiger partial charge in [-0.1, -0.05) is 23.2 Å². The van der Waals surface area contributed by atoms with Crippen LogP contribution in [0.25, 0.3) is 0 Å². The Balaban J connectivity index is 1.81. The van der Waals surface area contributed by atoms with Gasteiger partial charge in [-0.2, -0.15) is 0 Å². The SMILES string of the molecule is CN(C)CCNC(=O)C1CC1C(=O)Nc1cc(Cl)cc(Cl)c1. The topological polar surface area (TPSA) is 61.4 Å². The molecule has 1 fully saturated rings. The summed E-state index contributed by atoms with van der Waals surface area (Å²) < 4.78 is 0. The van der Waals surface area contributed by atoms with Crippen molar-refractivity contribution in [3.8, 4) is 0 Å². The first-order chi connectivity index (χ1) is 10.4. The van der Waals surface area contributed by atoms with Crippen molar-refractivity contribution < 1.29 is 9.59 Å². The van der Waals surface area contributed by atoms with E-state index in [0.29, 0.717) is 28.7 Å². The molecule has 2 N–H and O–H groups in total. The van der Waals surface area contributed by atoms with Crippen LogP contribution in [0.2, 0.25) is 10.0 Å². The predicted octanol–water partition coefficient (Wildman–Crippen LogP) is 2.25. The van der Waals surface area contributed by atoms with Crippen molar-refractivity contribution in [2.45, 2.75) is 6.42 Å². The second kappa shape index (κ2) is 7.31. The Hall–Kier alpha value is -1.30. The lowest BCUT2D eigenvalue weighted by Crippen LogP contribution is -2.33. The van der Waals surface area contributed by atoms with Crippen molar-refractivity contribution in [3.63, 3.8) is 0 Å².